The molecule has 0 saturated heterocycles. The maximum atomic E-state index is 12.4. The average molecular weight is 305 g/mol. The first-order chi connectivity index (χ1) is 11.1. The summed E-state index contributed by atoms with van der Waals surface area (Å²) >= 11 is 0. The van der Waals surface area contributed by atoms with Crippen LogP contribution < -0.4 is 11.3 Å². The lowest BCUT2D eigenvalue weighted by molar-refractivity contribution is 0.684. The van der Waals surface area contributed by atoms with Gasteiger partial charge in [-0.05, 0) is 18.6 Å². The number of rotatable bonds is 3. The van der Waals surface area contributed by atoms with Crippen molar-refractivity contribution in [3.8, 4) is 11.3 Å². The number of nitrogens with two attached hydrogens (primary N) is 1. The van der Waals surface area contributed by atoms with Crippen LogP contribution in [0.1, 0.15) is 22.7 Å². The van der Waals surface area contributed by atoms with E-state index in [1.807, 2.05) is 61.5 Å². The lowest BCUT2D eigenvalue weighted by Gasteiger charge is -2.14. The molecule has 0 aliphatic heterocycles. The molecule has 0 spiro atoms. The smallest absolute Gasteiger partial charge is 0.271 e. The number of benzene rings is 2. The summed E-state index contributed by atoms with van der Waals surface area (Å²) in [6.07, 6.45) is 0. The second kappa shape index (κ2) is 6.18. The number of aromatic nitrogens is 2. The fourth-order valence-electron chi connectivity index (χ4n) is 2.56. The second-order valence-electron chi connectivity index (χ2n) is 5.67. The summed E-state index contributed by atoms with van der Waals surface area (Å²) in [6, 6.07) is 19.0. The molecule has 23 heavy (non-hydrogen) atoms. The van der Waals surface area contributed by atoms with Crippen molar-refractivity contribution in [2.45, 2.75) is 13.0 Å². The van der Waals surface area contributed by atoms with E-state index < -0.39 is 6.04 Å². The van der Waals surface area contributed by atoms with E-state index in [0.29, 0.717) is 5.56 Å². The van der Waals surface area contributed by atoms with Gasteiger partial charge in [0.15, 0.2) is 0 Å². The lowest BCUT2D eigenvalue weighted by atomic mass is 9.99. The molecule has 116 valence electrons. The van der Waals surface area contributed by atoms with Gasteiger partial charge in [0.2, 0.25) is 0 Å². The van der Waals surface area contributed by atoms with E-state index in [9.17, 15) is 4.79 Å². The van der Waals surface area contributed by atoms with Gasteiger partial charge in [-0.25, -0.2) is 4.68 Å². The highest BCUT2D eigenvalue weighted by atomic mass is 16.1. The molecule has 1 heterocycles. The Morgan fingerprint density at radius 3 is 2.35 bits per heavy atom. The van der Waals surface area contributed by atoms with Gasteiger partial charge in [0, 0.05) is 18.2 Å². The molecular formula is C19H19N3O. The van der Waals surface area contributed by atoms with Crippen LogP contribution in [0.25, 0.3) is 11.3 Å². The highest BCUT2D eigenvalue weighted by Gasteiger charge is 2.16. The van der Waals surface area contributed by atoms with Crippen LogP contribution in [0.3, 0.4) is 0 Å². The van der Waals surface area contributed by atoms with Gasteiger partial charge in [-0.3, -0.25) is 4.79 Å². The minimum atomic E-state index is -0.470. The normalized spacial score (nSPS) is 12.1. The fraction of sp³-hybridized carbons (Fsp3) is 0.158. The number of hydrogen-bond acceptors (Lipinski definition) is 3. The molecule has 2 N–H and O–H groups in total. The Morgan fingerprint density at radius 2 is 1.70 bits per heavy atom. The zero-order valence-corrected chi connectivity index (χ0v) is 13.2. The zero-order valence-electron chi connectivity index (χ0n) is 13.2. The molecule has 0 radical (unpaired) electrons. The Balaban J connectivity index is 2.10. The molecule has 0 fully saturated rings. The Labute approximate surface area is 135 Å². The highest BCUT2D eigenvalue weighted by molar-refractivity contribution is 5.60. The molecule has 3 rings (SSSR count). The van der Waals surface area contributed by atoms with Crippen molar-refractivity contribution in [2.75, 3.05) is 0 Å². The largest absolute Gasteiger partial charge is 0.320 e. The molecule has 0 amide bonds. The number of nitrogens with zero attached hydrogens (tertiary/aromatic N) is 2. The SMILES string of the molecule is Cc1ccc(-c2cc(C(N)c3ccccc3)c(=O)n(C)n2)cc1. The molecule has 1 atom stereocenters. The van der Waals surface area contributed by atoms with Gasteiger partial charge < -0.3 is 5.73 Å². The van der Waals surface area contributed by atoms with Crippen LogP contribution >= 0.6 is 0 Å². The summed E-state index contributed by atoms with van der Waals surface area (Å²) < 4.78 is 1.35. The molecule has 1 unspecified atom stereocenters. The van der Waals surface area contributed by atoms with Gasteiger partial charge in [-0.1, -0.05) is 60.2 Å². The Bertz CT molecular complexity index is 867. The topological polar surface area (TPSA) is 60.9 Å². The van der Waals surface area contributed by atoms with E-state index in [0.717, 1.165) is 16.8 Å². The van der Waals surface area contributed by atoms with Crippen molar-refractivity contribution in [2.24, 2.45) is 12.8 Å². The Hall–Kier alpha value is -2.72. The van der Waals surface area contributed by atoms with Crippen LogP contribution in [-0.2, 0) is 7.05 Å². The summed E-state index contributed by atoms with van der Waals surface area (Å²) in [5.41, 5.74) is 10.5. The van der Waals surface area contributed by atoms with Crippen LogP contribution in [0.5, 0.6) is 0 Å². The maximum Gasteiger partial charge on any atom is 0.271 e. The van der Waals surface area contributed by atoms with Gasteiger partial charge in [0.1, 0.15) is 0 Å². The van der Waals surface area contributed by atoms with Crippen LogP contribution in [0.2, 0.25) is 0 Å². The second-order valence-corrected chi connectivity index (χ2v) is 5.67. The first kappa shape index (κ1) is 15.2. The third-order valence-corrected chi connectivity index (χ3v) is 3.93. The monoisotopic (exact) mass is 305 g/mol. The predicted octanol–water partition coefficient (Wildman–Crippen LogP) is 2.80. The quantitative estimate of drug-likeness (QED) is 0.809. The van der Waals surface area contributed by atoms with E-state index in [2.05, 4.69) is 5.10 Å². The lowest BCUT2D eigenvalue weighted by Crippen LogP contribution is -2.29. The van der Waals surface area contributed by atoms with Gasteiger partial charge in [0.05, 0.1) is 11.7 Å². The van der Waals surface area contributed by atoms with E-state index >= 15 is 0 Å². The first-order valence-electron chi connectivity index (χ1n) is 7.52. The highest BCUT2D eigenvalue weighted by Crippen LogP contribution is 2.22. The first-order valence-corrected chi connectivity index (χ1v) is 7.52. The molecule has 0 aliphatic rings. The van der Waals surface area contributed by atoms with Gasteiger partial charge in [-0.15, -0.1) is 0 Å². The van der Waals surface area contributed by atoms with Crippen molar-refractivity contribution < 1.29 is 0 Å². The molecule has 3 aromatic rings. The standard InChI is InChI=1S/C19H19N3O/c1-13-8-10-14(11-9-13)17-12-16(19(23)22(2)21-17)18(20)15-6-4-3-5-7-15/h3-12,18H,20H2,1-2H3. The third-order valence-electron chi connectivity index (χ3n) is 3.93. The number of hydrogen-bond donors (Lipinski definition) is 1. The summed E-state index contributed by atoms with van der Waals surface area (Å²) in [5, 5.41) is 4.36. The van der Waals surface area contributed by atoms with Crippen LogP contribution in [0.4, 0.5) is 0 Å². The van der Waals surface area contributed by atoms with Crippen molar-refractivity contribution >= 4 is 0 Å². The molecule has 4 heteroatoms. The Morgan fingerprint density at radius 1 is 1.04 bits per heavy atom. The minimum absolute atomic E-state index is 0.169. The molecule has 0 saturated carbocycles. The van der Waals surface area contributed by atoms with E-state index in [4.69, 9.17) is 5.73 Å². The van der Waals surface area contributed by atoms with Crippen molar-refractivity contribution in [1.29, 1.82) is 0 Å². The predicted molar refractivity (Wildman–Crippen MR) is 92.1 cm³/mol. The fourth-order valence-corrected chi connectivity index (χ4v) is 2.56. The van der Waals surface area contributed by atoms with Gasteiger partial charge >= 0.3 is 0 Å². The van der Waals surface area contributed by atoms with E-state index in [1.54, 1.807) is 13.1 Å². The van der Waals surface area contributed by atoms with Gasteiger partial charge in [-0.2, -0.15) is 5.10 Å². The molecule has 0 bridgehead atoms. The molecule has 1 aromatic heterocycles. The molecule has 0 aliphatic carbocycles. The molecular weight excluding hydrogens is 286 g/mol. The van der Waals surface area contributed by atoms with Gasteiger partial charge in [0.25, 0.3) is 5.56 Å². The van der Waals surface area contributed by atoms with E-state index in [-0.39, 0.29) is 5.56 Å². The van der Waals surface area contributed by atoms with Crippen LogP contribution in [-0.4, -0.2) is 9.78 Å². The van der Waals surface area contributed by atoms with Crippen LogP contribution in [0.15, 0.2) is 65.5 Å². The maximum absolute atomic E-state index is 12.4. The summed E-state index contributed by atoms with van der Waals surface area (Å²) in [7, 11) is 1.65. The van der Waals surface area contributed by atoms with Crippen molar-refractivity contribution in [1.82, 2.24) is 9.78 Å². The number of aryl methyl sites for hydroxylation is 2. The third kappa shape index (κ3) is 3.07. The average Bonchev–Trinajstić information content (AvgIpc) is 2.58. The van der Waals surface area contributed by atoms with E-state index in [1.165, 1.54) is 10.2 Å². The van der Waals surface area contributed by atoms with Crippen molar-refractivity contribution in [3.63, 3.8) is 0 Å². The summed E-state index contributed by atoms with van der Waals surface area (Å²) in [6.45, 7) is 2.04. The summed E-state index contributed by atoms with van der Waals surface area (Å²) in [4.78, 5) is 12.4. The van der Waals surface area contributed by atoms with Crippen LogP contribution in [0, 0.1) is 6.92 Å². The summed E-state index contributed by atoms with van der Waals surface area (Å²) in [5.74, 6) is 0. The Kier molecular flexibility index (Phi) is 4.08. The molecule has 2 aromatic carbocycles. The molecule has 4 nitrogen and oxygen atoms in total. The van der Waals surface area contributed by atoms with Crippen molar-refractivity contribution in [3.05, 3.63) is 87.7 Å². The minimum Gasteiger partial charge on any atom is -0.320 e. The zero-order chi connectivity index (χ0) is 16.4.